The van der Waals surface area contributed by atoms with Gasteiger partial charge in [0, 0.05) is 0 Å². The Bertz CT molecular complexity index is 180. The number of aliphatic hydroxyl groups is 2. The van der Waals surface area contributed by atoms with Gasteiger partial charge in [-0.25, -0.2) is 0 Å². The van der Waals surface area contributed by atoms with Gasteiger partial charge in [-0.05, 0) is 24.7 Å². The van der Waals surface area contributed by atoms with Gasteiger partial charge in [0.2, 0.25) is 0 Å². The summed E-state index contributed by atoms with van der Waals surface area (Å²) in [6.45, 7) is 6.67. The number of hydrogen-bond acceptors (Lipinski definition) is 2. The molecule has 0 spiro atoms. The predicted molar refractivity (Wildman–Crippen MR) is 83.3 cm³/mol. The fourth-order valence-corrected chi connectivity index (χ4v) is 2.92. The van der Waals surface area contributed by atoms with E-state index >= 15 is 0 Å². The molecule has 0 heterocycles. The van der Waals surface area contributed by atoms with E-state index in [0.29, 0.717) is 0 Å². The molecule has 0 aromatic rings. The molecule has 116 valence electrons. The third-order valence-electron chi connectivity index (χ3n) is 4.21. The first-order valence-electron chi connectivity index (χ1n) is 8.37. The van der Waals surface area contributed by atoms with E-state index < -0.39 is 6.10 Å². The normalized spacial score (nSPS) is 13.7. The number of aliphatic hydroxyl groups excluding tert-OH is 2. The Morgan fingerprint density at radius 3 is 1.68 bits per heavy atom. The number of rotatable bonds is 13. The van der Waals surface area contributed by atoms with E-state index in [1.165, 1.54) is 64.2 Å². The van der Waals surface area contributed by atoms with Crippen molar-refractivity contribution in [2.24, 2.45) is 5.41 Å². The first-order chi connectivity index (χ1) is 9.08. The molecule has 0 aliphatic carbocycles. The molecule has 0 aliphatic rings. The van der Waals surface area contributed by atoms with Crippen LogP contribution < -0.4 is 0 Å². The van der Waals surface area contributed by atoms with Crippen LogP contribution in [0.2, 0.25) is 0 Å². The molecular formula is C17H36O2. The van der Waals surface area contributed by atoms with Gasteiger partial charge in [0.15, 0.2) is 0 Å². The third-order valence-corrected chi connectivity index (χ3v) is 4.21. The summed E-state index contributed by atoms with van der Waals surface area (Å²) in [6.07, 6.45) is 12.9. The second-order valence-electron chi connectivity index (χ2n) is 6.47. The van der Waals surface area contributed by atoms with Crippen molar-refractivity contribution in [3.05, 3.63) is 0 Å². The molecular weight excluding hydrogens is 236 g/mol. The van der Waals surface area contributed by atoms with E-state index in [1.807, 2.05) is 0 Å². The second kappa shape index (κ2) is 11.7. The van der Waals surface area contributed by atoms with Gasteiger partial charge in [-0.3, -0.25) is 0 Å². The second-order valence-corrected chi connectivity index (χ2v) is 6.47. The molecule has 0 unspecified atom stereocenters. The van der Waals surface area contributed by atoms with E-state index in [2.05, 4.69) is 20.8 Å². The first kappa shape index (κ1) is 18.9. The largest absolute Gasteiger partial charge is 0.394 e. The minimum atomic E-state index is -0.539. The Labute approximate surface area is 120 Å². The van der Waals surface area contributed by atoms with Crippen LogP contribution in [0.3, 0.4) is 0 Å². The molecule has 0 aromatic heterocycles. The van der Waals surface area contributed by atoms with Crippen LogP contribution in [0.1, 0.15) is 91.4 Å². The summed E-state index contributed by atoms with van der Waals surface area (Å²) < 4.78 is 0. The van der Waals surface area contributed by atoms with Crippen molar-refractivity contribution < 1.29 is 10.2 Å². The molecule has 0 fully saturated rings. The fourth-order valence-electron chi connectivity index (χ4n) is 2.92. The van der Waals surface area contributed by atoms with Crippen molar-refractivity contribution in [1.82, 2.24) is 0 Å². The molecule has 0 aromatic carbocycles. The number of unbranched alkanes of at least 4 members (excludes halogenated alkanes) is 6. The molecule has 0 saturated carbocycles. The predicted octanol–water partition coefficient (Wildman–Crippen LogP) is 4.68. The molecule has 1 atom stereocenters. The molecule has 0 aliphatic heterocycles. The summed E-state index contributed by atoms with van der Waals surface area (Å²) in [6, 6.07) is 0. The Kier molecular flexibility index (Phi) is 11.7. The zero-order valence-corrected chi connectivity index (χ0v) is 13.5. The standard InChI is InChI=1S/C17H36O2/c1-4-6-8-10-12-17(3,14-16(19)15-18)13-11-9-7-5-2/h16,18-19H,4-15H2,1-3H3/t16-/m0/s1. The minimum absolute atomic E-state index is 0.0977. The maximum atomic E-state index is 9.75. The lowest BCUT2D eigenvalue weighted by molar-refractivity contribution is 0.0440. The highest BCUT2D eigenvalue weighted by atomic mass is 16.3. The first-order valence-corrected chi connectivity index (χ1v) is 8.37. The molecule has 0 amide bonds. The van der Waals surface area contributed by atoms with Crippen LogP contribution in [-0.4, -0.2) is 22.9 Å². The van der Waals surface area contributed by atoms with Gasteiger partial charge in [0.1, 0.15) is 0 Å². The molecule has 0 bridgehead atoms. The molecule has 0 rings (SSSR count). The van der Waals surface area contributed by atoms with Crippen LogP contribution >= 0.6 is 0 Å². The summed E-state index contributed by atoms with van der Waals surface area (Å²) in [4.78, 5) is 0. The Balaban J connectivity index is 4.11. The summed E-state index contributed by atoms with van der Waals surface area (Å²) in [5.41, 5.74) is 0.212. The van der Waals surface area contributed by atoms with Crippen LogP contribution in [0.15, 0.2) is 0 Å². The summed E-state index contributed by atoms with van der Waals surface area (Å²) in [5, 5.41) is 18.8. The minimum Gasteiger partial charge on any atom is -0.394 e. The lowest BCUT2D eigenvalue weighted by atomic mass is 9.75. The van der Waals surface area contributed by atoms with Crippen molar-refractivity contribution in [1.29, 1.82) is 0 Å². The molecule has 2 N–H and O–H groups in total. The highest BCUT2D eigenvalue weighted by molar-refractivity contribution is 4.78. The van der Waals surface area contributed by atoms with Gasteiger partial charge in [0.25, 0.3) is 0 Å². The SMILES string of the molecule is CCCCCCC(C)(CCCCCC)C[C@H](O)CO. The van der Waals surface area contributed by atoms with E-state index in [0.717, 1.165) is 6.42 Å². The number of hydrogen-bond donors (Lipinski definition) is 2. The van der Waals surface area contributed by atoms with Gasteiger partial charge in [0.05, 0.1) is 12.7 Å². The lowest BCUT2D eigenvalue weighted by Crippen LogP contribution is -2.26. The van der Waals surface area contributed by atoms with E-state index in [4.69, 9.17) is 5.11 Å². The van der Waals surface area contributed by atoms with Crippen molar-refractivity contribution in [2.75, 3.05) is 6.61 Å². The van der Waals surface area contributed by atoms with Crippen molar-refractivity contribution >= 4 is 0 Å². The quantitative estimate of drug-likeness (QED) is 0.478. The Morgan fingerprint density at radius 2 is 1.32 bits per heavy atom. The van der Waals surface area contributed by atoms with E-state index in [9.17, 15) is 5.11 Å². The maximum absolute atomic E-state index is 9.75. The van der Waals surface area contributed by atoms with E-state index in [-0.39, 0.29) is 12.0 Å². The fraction of sp³-hybridized carbons (Fsp3) is 1.00. The third kappa shape index (κ3) is 10.4. The van der Waals surface area contributed by atoms with Crippen molar-refractivity contribution in [3.63, 3.8) is 0 Å². The van der Waals surface area contributed by atoms with Crippen LogP contribution in [0.5, 0.6) is 0 Å². The van der Waals surface area contributed by atoms with Crippen LogP contribution in [0, 0.1) is 5.41 Å². The molecule has 2 heteroatoms. The van der Waals surface area contributed by atoms with Gasteiger partial charge in [-0.15, -0.1) is 0 Å². The van der Waals surface area contributed by atoms with Gasteiger partial charge < -0.3 is 10.2 Å². The maximum Gasteiger partial charge on any atom is 0.0776 e. The Hall–Kier alpha value is -0.0800. The summed E-state index contributed by atoms with van der Waals surface area (Å²) >= 11 is 0. The van der Waals surface area contributed by atoms with Gasteiger partial charge in [-0.2, -0.15) is 0 Å². The van der Waals surface area contributed by atoms with E-state index in [1.54, 1.807) is 0 Å². The highest BCUT2D eigenvalue weighted by Crippen LogP contribution is 2.36. The zero-order chi connectivity index (χ0) is 14.6. The molecule has 19 heavy (non-hydrogen) atoms. The molecule has 0 radical (unpaired) electrons. The van der Waals surface area contributed by atoms with Gasteiger partial charge >= 0.3 is 0 Å². The topological polar surface area (TPSA) is 40.5 Å². The molecule has 2 nitrogen and oxygen atoms in total. The lowest BCUT2D eigenvalue weighted by Gasteiger charge is -2.31. The monoisotopic (exact) mass is 272 g/mol. The average Bonchev–Trinajstić information content (AvgIpc) is 2.40. The van der Waals surface area contributed by atoms with Crippen LogP contribution in [0.25, 0.3) is 0 Å². The van der Waals surface area contributed by atoms with Crippen LogP contribution in [-0.2, 0) is 0 Å². The smallest absolute Gasteiger partial charge is 0.0776 e. The highest BCUT2D eigenvalue weighted by Gasteiger charge is 2.26. The van der Waals surface area contributed by atoms with Crippen LogP contribution in [0.4, 0.5) is 0 Å². The average molecular weight is 272 g/mol. The summed E-state index contributed by atoms with van der Waals surface area (Å²) in [7, 11) is 0. The Morgan fingerprint density at radius 1 is 0.842 bits per heavy atom. The summed E-state index contributed by atoms with van der Waals surface area (Å²) in [5.74, 6) is 0. The zero-order valence-electron chi connectivity index (χ0n) is 13.5. The van der Waals surface area contributed by atoms with Gasteiger partial charge in [-0.1, -0.05) is 72.1 Å². The molecule has 0 saturated heterocycles. The van der Waals surface area contributed by atoms with Crippen molar-refractivity contribution in [3.8, 4) is 0 Å². The van der Waals surface area contributed by atoms with Crippen molar-refractivity contribution in [2.45, 2.75) is 97.5 Å².